The van der Waals surface area contributed by atoms with Gasteiger partial charge in [0.25, 0.3) is 5.91 Å². The number of nitrogens with one attached hydrogen (secondary N) is 2. The third-order valence-electron chi connectivity index (χ3n) is 3.12. The van der Waals surface area contributed by atoms with Crippen LogP contribution in [0.2, 0.25) is 0 Å². The smallest absolute Gasteiger partial charge is 0.420 e. The Bertz CT molecular complexity index is 858. The molecule has 6 nitrogen and oxygen atoms in total. The van der Waals surface area contributed by atoms with Crippen LogP contribution in [0.3, 0.4) is 0 Å². The van der Waals surface area contributed by atoms with Crippen molar-refractivity contribution in [3.63, 3.8) is 0 Å². The molecule has 1 heterocycles. The van der Waals surface area contributed by atoms with Crippen LogP contribution >= 0.6 is 12.2 Å². The fraction of sp³-hybridized carbons (Fsp3) is 0.316. The first kappa shape index (κ1) is 24.2. The molecule has 0 radical (unpaired) electrons. The molecule has 29 heavy (non-hydrogen) atoms. The molecule has 3 N–H and O–H groups in total. The number of aromatic nitrogens is 1. The fourth-order valence-electron chi connectivity index (χ4n) is 2.08. The summed E-state index contributed by atoms with van der Waals surface area (Å²) in [5, 5.41) is 13.9. The Balaban J connectivity index is 0.00000204. The molecule has 0 saturated carbocycles. The van der Waals surface area contributed by atoms with Crippen molar-refractivity contribution in [3.05, 3.63) is 47.8 Å². The van der Waals surface area contributed by atoms with Gasteiger partial charge in [-0.25, -0.2) is 0 Å². The molecule has 0 aliphatic carbocycles. The SMILES string of the molecule is CC.CC(C)Oc1ccc(NC(=S)NC(=O)c2cncc(O)c2)cc1C(F)(F)F. The standard InChI is InChI=1S/C17H16F3N3O3S.C2H6/c1-9(2)26-14-4-3-11(6-13(14)17(18,19)20)22-16(27)23-15(25)10-5-12(24)8-21-7-10;1-2/h3-9,24H,1-2H3,(H2,22,23,25,27);1-2H3. The molecular formula is C19H22F3N3O3S. The van der Waals surface area contributed by atoms with E-state index in [1.54, 1.807) is 13.8 Å². The van der Waals surface area contributed by atoms with Gasteiger partial charge in [-0.1, -0.05) is 13.8 Å². The molecule has 2 aromatic rings. The zero-order valence-corrected chi connectivity index (χ0v) is 17.1. The number of hydrogen-bond acceptors (Lipinski definition) is 5. The number of halogens is 3. The van der Waals surface area contributed by atoms with Gasteiger partial charge in [-0.3, -0.25) is 15.1 Å². The summed E-state index contributed by atoms with van der Waals surface area (Å²) < 4.78 is 44.9. The van der Waals surface area contributed by atoms with Crippen LogP contribution in [-0.2, 0) is 6.18 Å². The molecule has 0 fully saturated rings. The summed E-state index contributed by atoms with van der Waals surface area (Å²) in [5.74, 6) is -1.19. The Morgan fingerprint density at radius 1 is 1.21 bits per heavy atom. The number of carbonyl (C=O) groups is 1. The fourth-order valence-corrected chi connectivity index (χ4v) is 2.29. The topological polar surface area (TPSA) is 83.5 Å². The third-order valence-corrected chi connectivity index (χ3v) is 3.32. The van der Waals surface area contributed by atoms with Gasteiger partial charge in [0.2, 0.25) is 0 Å². The molecule has 0 saturated heterocycles. The summed E-state index contributed by atoms with van der Waals surface area (Å²) in [6.45, 7) is 7.24. The molecule has 158 valence electrons. The molecule has 0 aliphatic heterocycles. The monoisotopic (exact) mass is 429 g/mol. The van der Waals surface area contributed by atoms with Gasteiger partial charge in [0.15, 0.2) is 5.11 Å². The molecule has 0 unspecified atom stereocenters. The minimum Gasteiger partial charge on any atom is -0.506 e. The van der Waals surface area contributed by atoms with E-state index in [0.29, 0.717) is 0 Å². The number of carbonyl (C=O) groups excluding carboxylic acids is 1. The van der Waals surface area contributed by atoms with E-state index in [9.17, 15) is 23.1 Å². The average Bonchev–Trinajstić information content (AvgIpc) is 2.63. The molecule has 2 rings (SSSR count). The summed E-state index contributed by atoms with van der Waals surface area (Å²) in [4.78, 5) is 15.7. The Morgan fingerprint density at radius 2 is 1.86 bits per heavy atom. The van der Waals surface area contributed by atoms with Crippen molar-refractivity contribution in [2.75, 3.05) is 5.32 Å². The van der Waals surface area contributed by atoms with E-state index >= 15 is 0 Å². The second kappa shape index (κ2) is 10.6. The lowest BCUT2D eigenvalue weighted by Crippen LogP contribution is -2.34. The lowest BCUT2D eigenvalue weighted by atomic mass is 10.1. The maximum absolute atomic E-state index is 13.2. The van der Waals surface area contributed by atoms with Crippen molar-refractivity contribution >= 4 is 28.9 Å². The van der Waals surface area contributed by atoms with Crippen LogP contribution in [0.15, 0.2) is 36.7 Å². The molecule has 10 heteroatoms. The molecule has 1 aromatic carbocycles. The van der Waals surface area contributed by atoms with Gasteiger partial charge in [-0.2, -0.15) is 13.2 Å². The van der Waals surface area contributed by atoms with Gasteiger partial charge in [0, 0.05) is 11.9 Å². The van der Waals surface area contributed by atoms with Gasteiger partial charge < -0.3 is 15.2 Å². The number of nitrogens with zero attached hydrogens (tertiary/aromatic N) is 1. The number of ether oxygens (including phenoxy) is 1. The minimum atomic E-state index is -4.62. The first-order valence-electron chi connectivity index (χ1n) is 8.70. The van der Waals surface area contributed by atoms with Crippen molar-refractivity contribution < 1.29 is 27.8 Å². The molecule has 0 bridgehead atoms. The zero-order chi connectivity index (χ0) is 22.2. The highest BCUT2D eigenvalue weighted by Gasteiger charge is 2.35. The maximum atomic E-state index is 13.2. The molecule has 1 aromatic heterocycles. The van der Waals surface area contributed by atoms with Crippen LogP contribution in [0, 0.1) is 0 Å². The van der Waals surface area contributed by atoms with Crippen molar-refractivity contribution in [3.8, 4) is 11.5 Å². The van der Waals surface area contributed by atoms with Crippen LogP contribution in [0.25, 0.3) is 0 Å². The number of amides is 1. The van der Waals surface area contributed by atoms with E-state index in [4.69, 9.17) is 17.0 Å². The third kappa shape index (κ3) is 7.57. The quantitative estimate of drug-likeness (QED) is 0.609. The van der Waals surface area contributed by atoms with Crippen molar-refractivity contribution in [1.82, 2.24) is 10.3 Å². The van der Waals surface area contributed by atoms with Crippen molar-refractivity contribution in [2.24, 2.45) is 0 Å². The second-order valence-electron chi connectivity index (χ2n) is 5.72. The van der Waals surface area contributed by atoms with E-state index in [-0.39, 0.29) is 27.9 Å². The average molecular weight is 429 g/mol. The van der Waals surface area contributed by atoms with E-state index < -0.39 is 23.8 Å². The van der Waals surface area contributed by atoms with Crippen LogP contribution in [0.5, 0.6) is 11.5 Å². The predicted octanol–water partition coefficient (Wildman–Crippen LogP) is 4.75. The minimum absolute atomic E-state index is 0.0257. The highest BCUT2D eigenvalue weighted by Crippen LogP contribution is 2.38. The zero-order valence-electron chi connectivity index (χ0n) is 16.3. The first-order chi connectivity index (χ1) is 13.6. The number of alkyl halides is 3. The Morgan fingerprint density at radius 3 is 2.41 bits per heavy atom. The predicted molar refractivity (Wildman–Crippen MR) is 108 cm³/mol. The highest BCUT2D eigenvalue weighted by molar-refractivity contribution is 7.80. The maximum Gasteiger partial charge on any atom is 0.420 e. The lowest BCUT2D eigenvalue weighted by molar-refractivity contribution is -0.139. The van der Waals surface area contributed by atoms with Gasteiger partial charge in [-0.05, 0) is 50.3 Å². The first-order valence-corrected chi connectivity index (χ1v) is 9.11. The molecule has 0 aliphatic rings. The van der Waals surface area contributed by atoms with Crippen molar-refractivity contribution in [2.45, 2.75) is 40.0 Å². The van der Waals surface area contributed by atoms with Gasteiger partial charge in [0.1, 0.15) is 11.5 Å². The van der Waals surface area contributed by atoms with E-state index in [1.165, 1.54) is 24.4 Å². The largest absolute Gasteiger partial charge is 0.506 e. The Kier molecular flexibility index (Phi) is 8.84. The number of anilines is 1. The highest BCUT2D eigenvalue weighted by atomic mass is 32.1. The van der Waals surface area contributed by atoms with Crippen LogP contribution in [-0.4, -0.2) is 27.2 Å². The molecular weight excluding hydrogens is 407 g/mol. The number of rotatable bonds is 4. The van der Waals surface area contributed by atoms with Gasteiger partial charge >= 0.3 is 6.18 Å². The number of benzene rings is 1. The molecule has 0 atom stereocenters. The van der Waals surface area contributed by atoms with Gasteiger partial charge in [-0.15, -0.1) is 0 Å². The van der Waals surface area contributed by atoms with Crippen molar-refractivity contribution in [1.29, 1.82) is 0 Å². The Hall–Kier alpha value is -2.88. The number of hydrogen-bond donors (Lipinski definition) is 3. The normalized spacial score (nSPS) is 10.6. The summed E-state index contributed by atoms with van der Waals surface area (Å²) in [7, 11) is 0. The van der Waals surface area contributed by atoms with Gasteiger partial charge in [0.05, 0.1) is 23.4 Å². The molecule has 1 amide bonds. The summed E-state index contributed by atoms with van der Waals surface area (Å²) in [6.07, 6.45) is -2.70. The van der Waals surface area contributed by atoms with E-state index in [1.807, 2.05) is 13.8 Å². The summed E-state index contributed by atoms with van der Waals surface area (Å²) in [6, 6.07) is 4.53. The lowest BCUT2D eigenvalue weighted by Gasteiger charge is -2.18. The van der Waals surface area contributed by atoms with Crippen LogP contribution in [0.1, 0.15) is 43.6 Å². The number of thiocarbonyl (C=S) groups is 1. The van der Waals surface area contributed by atoms with E-state index in [0.717, 1.165) is 12.3 Å². The van der Waals surface area contributed by atoms with Crippen LogP contribution in [0.4, 0.5) is 18.9 Å². The number of aromatic hydroxyl groups is 1. The van der Waals surface area contributed by atoms with E-state index in [2.05, 4.69) is 15.6 Å². The van der Waals surface area contributed by atoms with Crippen LogP contribution < -0.4 is 15.4 Å². The molecule has 0 spiro atoms. The Labute approximate surface area is 172 Å². The summed E-state index contributed by atoms with van der Waals surface area (Å²) >= 11 is 4.95. The second-order valence-corrected chi connectivity index (χ2v) is 6.12. The summed E-state index contributed by atoms with van der Waals surface area (Å²) in [5.41, 5.74) is -0.902. The number of pyridine rings is 1.